The second-order valence-electron chi connectivity index (χ2n) is 5.85. The maximum atomic E-state index is 12.7. The van der Waals surface area contributed by atoms with Crippen LogP contribution in [-0.2, 0) is 4.79 Å². The fourth-order valence-corrected chi connectivity index (χ4v) is 4.25. The number of hydrogen-bond donors (Lipinski definition) is 0. The molecule has 0 aliphatic carbocycles. The van der Waals surface area contributed by atoms with Crippen molar-refractivity contribution in [2.75, 3.05) is 4.90 Å². The Morgan fingerprint density at radius 1 is 1.28 bits per heavy atom. The summed E-state index contributed by atoms with van der Waals surface area (Å²) in [7, 11) is 0. The van der Waals surface area contributed by atoms with Crippen LogP contribution in [0, 0.1) is 10.1 Å². The molecule has 1 amide bonds. The molecule has 144 valence electrons. The number of anilines is 1. The van der Waals surface area contributed by atoms with E-state index in [0.29, 0.717) is 32.0 Å². The molecule has 0 radical (unpaired) electrons. The molecule has 0 spiro atoms. The lowest BCUT2D eigenvalue weighted by Gasteiger charge is -2.13. The van der Waals surface area contributed by atoms with E-state index in [-0.39, 0.29) is 16.6 Å². The smallest absolute Gasteiger partial charge is 0.270 e. The van der Waals surface area contributed by atoms with Crippen LogP contribution in [0.2, 0.25) is 5.02 Å². The molecule has 4 rings (SSSR count). The van der Waals surface area contributed by atoms with Crippen molar-refractivity contribution >= 4 is 63.3 Å². The van der Waals surface area contributed by atoms with E-state index in [1.165, 1.54) is 23.1 Å². The predicted octanol–water partition coefficient (Wildman–Crippen LogP) is 5.31. The second kappa shape index (κ2) is 7.78. The van der Waals surface area contributed by atoms with Crippen LogP contribution in [-0.4, -0.2) is 20.1 Å². The summed E-state index contributed by atoms with van der Waals surface area (Å²) in [5.74, 6) is 0.597. The molecule has 1 fully saturated rings. The number of non-ortho nitro benzene ring substituents is 1. The number of nitro benzene ring substituents is 1. The first kappa shape index (κ1) is 19.3. The van der Waals surface area contributed by atoms with Gasteiger partial charge in [-0.1, -0.05) is 35.6 Å². The Morgan fingerprint density at radius 3 is 2.79 bits per heavy atom. The number of hydrogen-bond acceptors (Lipinski definition) is 7. The minimum atomic E-state index is -0.520. The average molecular weight is 444 g/mol. The molecule has 0 unspecified atom stereocenters. The van der Waals surface area contributed by atoms with Crippen LogP contribution < -0.4 is 4.90 Å². The van der Waals surface area contributed by atoms with Crippen LogP contribution >= 0.6 is 35.6 Å². The van der Waals surface area contributed by atoms with Crippen molar-refractivity contribution in [1.29, 1.82) is 0 Å². The van der Waals surface area contributed by atoms with Crippen molar-refractivity contribution in [3.8, 4) is 11.3 Å². The summed E-state index contributed by atoms with van der Waals surface area (Å²) in [6, 6.07) is 11.0. The number of pyridine rings is 1. The number of carbonyl (C=O) groups excluding carboxylic acids is 1. The van der Waals surface area contributed by atoms with Gasteiger partial charge < -0.3 is 4.42 Å². The first-order valence-corrected chi connectivity index (χ1v) is 9.76. The molecule has 3 aromatic rings. The Balaban J connectivity index is 1.61. The molecule has 0 bridgehead atoms. The Bertz CT molecular complexity index is 1180. The largest absolute Gasteiger partial charge is 0.457 e. The highest BCUT2D eigenvalue weighted by Crippen LogP contribution is 2.37. The van der Waals surface area contributed by atoms with Gasteiger partial charge in [-0.05, 0) is 30.3 Å². The van der Waals surface area contributed by atoms with Gasteiger partial charge in [-0.25, -0.2) is 0 Å². The number of halogens is 1. The quantitative estimate of drug-likeness (QED) is 0.233. The predicted molar refractivity (Wildman–Crippen MR) is 116 cm³/mol. The maximum Gasteiger partial charge on any atom is 0.270 e. The molecule has 1 aliphatic heterocycles. The highest BCUT2D eigenvalue weighted by atomic mass is 35.5. The summed E-state index contributed by atoms with van der Waals surface area (Å²) in [4.78, 5) is 28.9. The molecule has 1 aromatic carbocycles. The fraction of sp³-hybridized carbons (Fsp3) is 0. The van der Waals surface area contributed by atoms with Crippen LogP contribution in [0.5, 0.6) is 0 Å². The number of benzene rings is 1. The summed E-state index contributed by atoms with van der Waals surface area (Å²) >= 11 is 12.6. The van der Waals surface area contributed by atoms with E-state index in [0.717, 1.165) is 11.8 Å². The zero-order chi connectivity index (χ0) is 20.5. The van der Waals surface area contributed by atoms with Crippen LogP contribution in [0.15, 0.2) is 64.2 Å². The average Bonchev–Trinajstić information content (AvgIpc) is 3.27. The molecule has 2 aromatic heterocycles. The maximum absolute atomic E-state index is 12.7. The normalized spacial score (nSPS) is 15.3. The van der Waals surface area contributed by atoms with Crippen molar-refractivity contribution in [1.82, 2.24) is 4.98 Å². The van der Waals surface area contributed by atoms with Crippen LogP contribution in [0.4, 0.5) is 11.4 Å². The van der Waals surface area contributed by atoms with E-state index < -0.39 is 4.92 Å². The number of thiocarbonyl (C=S) groups is 1. The topological polar surface area (TPSA) is 89.5 Å². The van der Waals surface area contributed by atoms with Gasteiger partial charge in [-0.2, -0.15) is 0 Å². The van der Waals surface area contributed by atoms with Gasteiger partial charge in [0.2, 0.25) is 0 Å². The molecule has 29 heavy (non-hydrogen) atoms. The Labute approximate surface area is 179 Å². The first-order valence-electron chi connectivity index (χ1n) is 8.16. The number of rotatable bonds is 4. The molecule has 10 heteroatoms. The number of nitrogens with zero attached hydrogens (tertiary/aromatic N) is 3. The van der Waals surface area contributed by atoms with E-state index >= 15 is 0 Å². The fourth-order valence-electron chi connectivity index (χ4n) is 2.70. The van der Waals surface area contributed by atoms with Gasteiger partial charge in [0.15, 0.2) is 4.32 Å². The molecular weight excluding hydrogens is 434 g/mol. The molecule has 0 atom stereocenters. The number of furan rings is 1. The molecule has 0 N–H and O–H groups in total. The Hall–Kier alpha value is -3.01. The van der Waals surface area contributed by atoms with Gasteiger partial charge in [0, 0.05) is 30.0 Å². The minimum Gasteiger partial charge on any atom is -0.457 e. The Kier molecular flexibility index (Phi) is 5.18. The number of amides is 1. The third-order valence-electron chi connectivity index (χ3n) is 4.03. The van der Waals surface area contributed by atoms with E-state index in [1.807, 2.05) is 0 Å². The molecule has 7 nitrogen and oxygen atoms in total. The summed E-state index contributed by atoms with van der Waals surface area (Å²) in [6.07, 6.45) is 4.78. The molecule has 1 saturated heterocycles. The molecule has 0 saturated carbocycles. The van der Waals surface area contributed by atoms with Crippen LogP contribution in [0.1, 0.15) is 5.76 Å². The molecular formula is C19H10ClN3O4S2. The van der Waals surface area contributed by atoms with E-state index in [4.69, 9.17) is 28.2 Å². The number of thioether (sulfide) groups is 1. The van der Waals surface area contributed by atoms with Gasteiger partial charge in [0.05, 0.1) is 26.7 Å². The third kappa shape index (κ3) is 3.80. The standard InChI is InChI=1S/C19H10ClN3O4S2/c20-15-8-11(23(25)26)3-5-14(15)16-6-4-13(27-16)9-17-18(24)22(19(28)29-17)12-2-1-7-21-10-12/h1-10H/b17-9-. The second-order valence-corrected chi connectivity index (χ2v) is 7.93. The number of carbonyl (C=O) groups is 1. The monoisotopic (exact) mass is 443 g/mol. The first-order chi connectivity index (χ1) is 13.9. The highest BCUT2D eigenvalue weighted by molar-refractivity contribution is 8.27. The molecule has 3 heterocycles. The zero-order valence-corrected chi connectivity index (χ0v) is 16.8. The number of aromatic nitrogens is 1. The van der Waals surface area contributed by atoms with Gasteiger partial charge in [0.1, 0.15) is 11.5 Å². The lowest BCUT2D eigenvalue weighted by molar-refractivity contribution is -0.384. The van der Waals surface area contributed by atoms with Gasteiger partial charge >= 0.3 is 0 Å². The van der Waals surface area contributed by atoms with Crippen molar-refractivity contribution in [2.45, 2.75) is 0 Å². The Morgan fingerprint density at radius 2 is 2.10 bits per heavy atom. The van der Waals surface area contributed by atoms with Crippen LogP contribution in [0.3, 0.4) is 0 Å². The lowest BCUT2D eigenvalue weighted by atomic mass is 10.1. The van der Waals surface area contributed by atoms with E-state index in [1.54, 1.807) is 42.7 Å². The zero-order valence-electron chi connectivity index (χ0n) is 14.4. The van der Waals surface area contributed by atoms with Crippen molar-refractivity contribution in [2.24, 2.45) is 0 Å². The van der Waals surface area contributed by atoms with E-state index in [9.17, 15) is 14.9 Å². The summed E-state index contributed by atoms with van der Waals surface area (Å²) in [5, 5.41) is 11.0. The van der Waals surface area contributed by atoms with Gasteiger partial charge in [-0.15, -0.1) is 0 Å². The van der Waals surface area contributed by atoms with Gasteiger partial charge in [-0.3, -0.25) is 24.8 Å². The summed E-state index contributed by atoms with van der Waals surface area (Å²) in [6.45, 7) is 0. The summed E-state index contributed by atoms with van der Waals surface area (Å²) < 4.78 is 6.17. The molecule has 1 aliphatic rings. The van der Waals surface area contributed by atoms with Crippen LogP contribution in [0.25, 0.3) is 17.4 Å². The van der Waals surface area contributed by atoms with Crippen molar-refractivity contribution in [3.05, 3.63) is 80.7 Å². The van der Waals surface area contributed by atoms with E-state index in [2.05, 4.69) is 4.98 Å². The SMILES string of the molecule is O=C1/C(=C/c2ccc(-c3ccc([N+](=O)[O-])cc3Cl)o2)SC(=S)N1c1cccnc1. The highest BCUT2D eigenvalue weighted by Gasteiger charge is 2.33. The van der Waals surface area contributed by atoms with Crippen molar-refractivity contribution < 1.29 is 14.1 Å². The number of nitro groups is 1. The summed E-state index contributed by atoms with van der Waals surface area (Å²) in [5.41, 5.74) is 1.00. The third-order valence-corrected chi connectivity index (χ3v) is 5.64. The van der Waals surface area contributed by atoms with Crippen molar-refractivity contribution in [3.63, 3.8) is 0 Å². The van der Waals surface area contributed by atoms with Gasteiger partial charge in [0.25, 0.3) is 11.6 Å². The lowest BCUT2D eigenvalue weighted by Crippen LogP contribution is -2.27. The minimum absolute atomic E-state index is 0.107.